The summed E-state index contributed by atoms with van der Waals surface area (Å²) in [4.78, 5) is 11.8. The maximum atomic E-state index is 11.8. The van der Waals surface area contributed by atoms with Gasteiger partial charge >= 0.3 is 0 Å². The van der Waals surface area contributed by atoms with Crippen LogP contribution < -0.4 is 11.1 Å². The summed E-state index contributed by atoms with van der Waals surface area (Å²) in [6, 6.07) is 7.28. The van der Waals surface area contributed by atoms with Gasteiger partial charge in [0.25, 0.3) is 0 Å². The summed E-state index contributed by atoms with van der Waals surface area (Å²) in [6.07, 6.45) is 2.12. The van der Waals surface area contributed by atoms with Crippen LogP contribution >= 0.6 is 11.8 Å². The van der Waals surface area contributed by atoms with E-state index >= 15 is 0 Å². The van der Waals surface area contributed by atoms with Crippen molar-refractivity contribution in [3.8, 4) is 0 Å². The first-order chi connectivity index (χ1) is 7.25. The van der Waals surface area contributed by atoms with E-state index in [2.05, 4.69) is 5.32 Å². The lowest BCUT2D eigenvalue weighted by molar-refractivity contribution is -0.115. The van der Waals surface area contributed by atoms with Crippen molar-refractivity contribution in [3.63, 3.8) is 0 Å². The Balaban J connectivity index is 1.99. The van der Waals surface area contributed by atoms with Crippen molar-refractivity contribution >= 4 is 29.0 Å². The Labute approximate surface area is 93.4 Å². The minimum absolute atomic E-state index is 0.100. The summed E-state index contributed by atoms with van der Waals surface area (Å²) in [5.74, 6) is 1.19. The van der Waals surface area contributed by atoms with Gasteiger partial charge in [-0.15, -0.1) is 11.8 Å². The van der Waals surface area contributed by atoms with E-state index in [4.69, 9.17) is 5.73 Å². The molecule has 2 rings (SSSR count). The number of thioether (sulfide) groups is 1. The number of nitrogens with two attached hydrogens (primary N) is 1. The third kappa shape index (κ3) is 2.65. The molecule has 0 bridgehead atoms. The van der Waals surface area contributed by atoms with E-state index < -0.39 is 0 Å². The number of nitrogens with one attached hydrogen (secondary N) is 1. The highest BCUT2D eigenvalue weighted by Gasteiger charge is 2.23. The van der Waals surface area contributed by atoms with E-state index in [0.717, 1.165) is 24.3 Å². The molecule has 1 saturated heterocycles. The fraction of sp³-hybridized carbons (Fsp3) is 0.364. The van der Waals surface area contributed by atoms with Gasteiger partial charge in [0, 0.05) is 11.4 Å². The lowest BCUT2D eigenvalue weighted by Crippen LogP contribution is -2.22. The standard InChI is InChI=1S/C11H14N2OS/c12-8-3-1-4-9(7-8)13-11(14)10-5-2-6-15-10/h1,3-4,7,10H,2,5-6,12H2,(H,13,14). The molecule has 1 unspecified atom stereocenters. The molecule has 80 valence electrons. The Bertz CT molecular complexity index is 361. The Morgan fingerprint density at radius 3 is 3.07 bits per heavy atom. The summed E-state index contributed by atoms with van der Waals surface area (Å²) >= 11 is 1.73. The largest absolute Gasteiger partial charge is 0.399 e. The molecule has 1 atom stereocenters. The van der Waals surface area contributed by atoms with Crippen molar-refractivity contribution in [2.75, 3.05) is 16.8 Å². The van der Waals surface area contributed by atoms with Gasteiger partial charge in [-0.05, 0) is 36.8 Å². The van der Waals surface area contributed by atoms with Crippen molar-refractivity contribution < 1.29 is 4.79 Å². The summed E-state index contributed by atoms with van der Waals surface area (Å²) in [5.41, 5.74) is 7.09. The van der Waals surface area contributed by atoms with Gasteiger partial charge in [-0.3, -0.25) is 4.79 Å². The van der Waals surface area contributed by atoms with Gasteiger partial charge in [-0.25, -0.2) is 0 Å². The molecule has 3 nitrogen and oxygen atoms in total. The Kier molecular flexibility index (Phi) is 3.16. The van der Waals surface area contributed by atoms with E-state index in [1.165, 1.54) is 0 Å². The fourth-order valence-electron chi connectivity index (χ4n) is 1.62. The number of benzene rings is 1. The van der Waals surface area contributed by atoms with Crippen LogP contribution in [0.1, 0.15) is 12.8 Å². The second kappa shape index (κ2) is 4.57. The number of hydrogen-bond acceptors (Lipinski definition) is 3. The van der Waals surface area contributed by atoms with Gasteiger partial charge in [0.15, 0.2) is 0 Å². The molecule has 1 amide bonds. The molecule has 1 heterocycles. The second-order valence-corrected chi connectivity index (χ2v) is 4.93. The average molecular weight is 222 g/mol. The van der Waals surface area contributed by atoms with Gasteiger partial charge < -0.3 is 11.1 Å². The second-order valence-electron chi connectivity index (χ2n) is 3.62. The van der Waals surface area contributed by atoms with Gasteiger partial charge in [0.2, 0.25) is 5.91 Å². The third-order valence-electron chi connectivity index (χ3n) is 2.38. The zero-order valence-corrected chi connectivity index (χ0v) is 9.22. The number of carbonyl (C=O) groups excluding carboxylic acids is 1. The third-order valence-corrected chi connectivity index (χ3v) is 3.75. The summed E-state index contributed by atoms with van der Waals surface area (Å²) in [6.45, 7) is 0. The SMILES string of the molecule is Nc1cccc(NC(=O)C2CCCS2)c1. The molecule has 1 fully saturated rings. The molecule has 1 aliphatic rings. The van der Waals surface area contributed by atoms with Crippen molar-refractivity contribution in [2.24, 2.45) is 0 Å². The summed E-state index contributed by atoms with van der Waals surface area (Å²) in [5, 5.41) is 3.00. The highest BCUT2D eigenvalue weighted by Crippen LogP contribution is 2.27. The number of anilines is 2. The van der Waals surface area contributed by atoms with Crippen LogP contribution in [0.4, 0.5) is 11.4 Å². The molecule has 1 aromatic carbocycles. The van der Waals surface area contributed by atoms with Gasteiger partial charge in [0.05, 0.1) is 5.25 Å². The molecule has 4 heteroatoms. The molecule has 3 N–H and O–H groups in total. The lowest BCUT2D eigenvalue weighted by atomic mass is 10.2. The van der Waals surface area contributed by atoms with E-state index in [1.54, 1.807) is 23.9 Å². The van der Waals surface area contributed by atoms with E-state index in [1.807, 2.05) is 12.1 Å². The Morgan fingerprint density at radius 2 is 2.40 bits per heavy atom. The van der Waals surface area contributed by atoms with Crippen LogP contribution in [0.15, 0.2) is 24.3 Å². The van der Waals surface area contributed by atoms with Crippen molar-refractivity contribution in [3.05, 3.63) is 24.3 Å². The first-order valence-electron chi connectivity index (χ1n) is 5.04. The van der Waals surface area contributed by atoms with Crippen molar-refractivity contribution in [1.29, 1.82) is 0 Å². The van der Waals surface area contributed by atoms with Crippen LogP contribution in [0.5, 0.6) is 0 Å². The highest BCUT2D eigenvalue weighted by atomic mass is 32.2. The average Bonchev–Trinajstić information content (AvgIpc) is 2.70. The molecule has 0 aliphatic carbocycles. The molecule has 15 heavy (non-hydrogen) atoms. The van der Waals surface area contributed by atoms with E-state index in [9.17, 15) is 4.79 Å². The van der Waals surface area contributed by atoms with Crippen LogP contribution in [0.2, 0.25) is 0 Å². The van der Waals surface area contributed by atoms with Gasteiger partial charge in [0.1, 0.15) is 0 Å². The molecule has 1 aliphatic heterocycles. The lowest BCUT2D eigenvalue weighted by Gasteiger charge is -2.09. The predicted molar refractivity (Wildman–Crippen MR) is 65.0 cm³/mol. The number of rotatable bonds is 2. The zero-order chi connectivity index (χ0) is 10.7. The quantitative estimate of drug-likeness (QED) is 0.753. The monoisotopic (exact) mass is 222 g/mol. The molecule has 0 spiro atoms. The van der Waals surface area contributed by atoms with E-state index in [-0.39, 0.29) is 11.2 Å². The first kappa shape index (κ1) is 10.4. The minimum atomic E-state index is 0.100. The molecular weight excluding hydrogens is 208 g/mol. The zero-order valence-electron chi connectivity index (χ0n) is 8.40. The normalized spacial score (nSPS) is 20.1. The molecule has 0 aromatic heterocycles. The molecular formula is C11H14N2OS. The topological polar surface area (TPSA) is 55.1 Å². The van der Waals surface area contributed by atoms with Crippen LogP contribution in [0.3, 0.4) is 0 Å². The summed E-state index contributed by atoms with van der Waals surface area (Å²) < 4.78 is 0. The number of amides is 1. The van der Waals surface area contributed by atoms with Crippen LogP contribution in [0, 0.1) is 0 Å². The van der Waals surface area contributed by atoms with Crippen molar-refractivity contribution in [2.45, 2.75) is 18.1 Å². The molecule has 0 saturated carbocycles. The van der Waals surface area contributed by atoms with Crippen LogP contribution in [-0.4, -0.2) is 16.9 Å². The van der Waals surface area contributed by atoms with Gasteiger partial charge in [-0.1, -0.05) is 6.07 Å². The first-order valence-corrected chi connectivity index (χ1v) is 6.08. The maximum Gasteiger partial charge on any atom is 0.237 e. The Morgan fingerprint density at radius 1 is 1.53 bits per heavy atom. The number of hydrogen-bond donors (Lipinski definition) is 2. The highest BCUT2D eigenvalue weighted by molar-refractivity contribution is 8.00. The smallest absolute Gasteiger partial charge is 0.237 e. The van der Waals surface area contributed by atoms with Gasteiger partial charge in [-0.2, -0.15) is 0 Å². The fourth-order valence-corrected chi connectivity index (χ4v) is 2.79. The predicted octanol–water partition coefficient (Wildman–Crippen LogP) is 2.10. The van der Waals surface area contributed by atoms with Crippen LogP contribution in [0.25, 0.3) is 0 Å². The maximum absolute atomic E-state index is 11.8. The minimum Gasteiger partial charge on any atom is -0.399 e. The molecule has 0 radical (unpaired) electrons. The molecule has 1 aromatic rings. The van der Waals surface area contributed by atoms with Crippen molar-refractivity contribution in [1.82, 2.24) is 0 Å². The number of nitrogen functional groups attached to an aromatic ring is 1. The van der Waals surface area contributed by atoms with Crippen LogP contribution in [-0.2, 0) is 4.79 Å². The van der Waals surface area contributed by atoms with E-state index in [0.29, 0.717) is 5.69 Å². The Hall–Kier alpha value is -1.16. The number of carbonyl (C=O) groups is 1. The summed E-state index contributed by atoms with van der Waals surface area (Å²) in [7, 11) is 0.